The number of piperidine rings is 2. The molecule has 1 aliphatic carbocycles. The number of methoxy groups -OCH3 is 1. The van der Waals surface area contributed by atoms with Gasteiger partial charge >= 0.3 is 24.3 Å². The van der Waals surface area contributed by atoms with Gasteiger partial charge in [0, 0.05) is 19.1 Å². The summed E-state index contributed by atoms with van der Waals surface area (Å²) in [4.78, 5) is 20.4. The monoisotopic (exact) mass is 586 g/mol. The van der Waals surface area contributed by atoms with Crippen molar-refractivity contribution in [3.05, 3.63) is 35.4 Å². The zero-order chi connectivity index (χ0) is 30.1. The number of benzene rings is 1. The van der Waals surface area contributed by atoms with Gasteiger partial charge in [0.05, 0.1) is 12.1 Å². The fourth-order valence-corrected chi connectivity index (χ4v) is 5.71. The highest BCUT2D eigenvalue weighted by molar-refractivity contribution is 5.73. The van der Waals surface area contributed by atoms with Gasteiger partial charge in [0.2, 0.25) is 0 Å². The van der Waals surface area contributed by atoms with Gasteiger partial charge in [-0.1, -0.05) is 24.3 Å². The number of likely N-dealkylation sites (tertiary alicyclic amines) is 1. The Morgan fingerprint density at radius 3 is 1.98 bits per heavy atom. The second kappa shape index (κ2) is 14.5. The van der Waals surface area contributed by atoms with Gasteiger partial charge in [-0.15, -0.1) is 0 Å². The Morgan fingerprint density at radius 1 is 1.00 bits per heavy atom. The first-order valence-electron chi connectivity index (χ1n) is 13.0. The minimum absolute atomic E-state index is 0.0399. The minimum atomic E-state index is -5.08. The highest BCUT2D eigenvalue weighted by Gasteiger charge is 2.53. The average Bonchev–Trinajstić information content (AvgIpc) is 3.12. The Labute approximate surface area is 228 Å². The van der Waals surface area contributed by atoms with Crippen molar-refractivity contribution in [3.8, 4) is 0 Å². The Balaban J connectivity index is 0.000000333. The summed E-state index contributed by atoms with van der Waals surface area (Å²) >= 11 is 0. The van der Waals surface area contributed by atoms with E-state index in [0.717, 1.165) is 51.5 Å². The largest absolute Gasteiger partial charge is 0.490 e. The zero-order valence-corrected chi connectivity index (χ0v) is 22.1. The number of rotatable bonds is 5. The van der Waals surface area contributed by atoms with Crippen LogP contribution in [0.4, 0.5) is 26.3 Å². The van der Waals surface area contributed by atoms with E-state index < -0.39 is 24.3 Å². The smallest absolute Gasteiger partial charge is 0.475 e. The summed E-state index contributed by atoms with van der Waals surface area (Å²) in [5.74, 6) is -4.69. The van der Waals surface area contributed by atoms with Gasteiger partial charge in [-0.25, -0.2) is 9.59 Å². The predicted octanol–water partition coefficient (Wildman–Crippen LogP) is 4.13. The SMILES string of the molecule is COCCCC1CCN([C@@H]2c3ccccc3C3(CCNCC3)[C@H]2O)CC1.O=C(O)C(F)(F)F.O=C(O)C(F)(F)F. The maximum absolute atomic E-state index is 11.5. The number of nitrogens with zero attached hydrogens (tertiary/aromatic N) is 1. The molecule has 0 aromatic heterocycles. The molecule has 1 aromatic carbocycles. The first-order chi connectivity index (χ1) is 18.6. The number of carboxylic acid groups (broad SMARTS) is 2. The molecule has 0 saturated carbocycles. The molecule has 0 radical (unpaired) electrons. The van der Waals surface area contributed by atoms with E-state index in [0.29, 0.717) is 0 Å². The van der Waals surface area contributed by atoms with Gasteiger partial charge in [-0.3, -0.25) is 4.90 Å². The van der Waals surface area contributed by atoms with Crippen molar-refractivity contribution in [1.82, 2.24) is 10.2 Å². The summed E-state index contributed by atoms with van der Waals surface area (Å²) in [5.41, 5.74) is 2.77. The third-order valence-corrected chi connectivity index (χ3v) is 7.67. The molecule has 2 atom stereocenters. The van der Waals surface area contributed by atoms with Gasteiger partial charge in [0.1, 0.15) is 0 Å². The number of aliphatic hydroxyl groups is 1. The van der Waals surface area contributed by atoms with Crippen LogP contribution in [0.2, 0.25) is 0 Å². The van der Waals surface area contributed by atoms with Crippen molar-refractivity contribution < 1.29 is 56.0 Å². The lowest BCUT2D eigenvalue weighted by molar-refractivity contribution is -0.193. The second-order valence-corrected chi connectivity index (χ2v) is 10.1. The van der Waals surface area contributed by atoms with E-state index in [9.17, 15) is 31.4 Å². The Bertz CT molecular complexity index is 936. The van der Waals surface area contributed by atoms with Gasteiger partial charge in [0.15, 0.2) is 0 Å². The molecule has 0 amide bonds. The number of carboxylic acids is 2. The number of hydrogen-bond donors (Lipinski definition) is 4. The number of ether oxygens (including phenoxy) is 1. The molecule has 1 aromatic rings. The number of halogens is 6. The zero-order valence-electron chi connectivity index (χ0n) is 22.1. The number of hydrogen-bond acceptors (Lipinski definition) is 6. The number of aliphatic hydroxyl groups excluding tert-OH is 1. The lowest BCUT2D eigenvalue weighted by Gasteiger charge is -2.42. The minimum Gasteiger partial charge on any atom is -0.475 e. The molecule has 40 heavy (non-hydrogen) atoms. The molecule has 3 aliphatic rings. The van der Waals surface area contributed by atoms with E-state index in [-0.39, 0.29) is 17.6 Å². The highest BCUT2D eigenvalue weighted by atomic mass is 19.4. The molecule has 228 valence electrons. The first kappa shape index (κ1) is 33.8. The summed E-state index contributed by atoms with van der Waals surface area (Å²) in [5, 5.41) is 29.2. The van der Waals surface area contributed by atoms with Crippen LogP contribution in [0.5, 0.6) is 0 Å². The van der Waals surface area contributed by atoms with Gasteiger partial charge < -0.3 is 25.4 Å². The van der Waals surface area contributed by atoms with Crippen molar-refractivity contribution >= 4 is 11.9 Å². The number of carbonyl (C=O) groups is 2. The summed E-state index contributed by atoms with van der Waals surface area (Å²) in [6, 6.07) is 9.03. The van der Waals surface area contributed by atoms with Crippen LogP contribution in [-0.2, 0) is 19.7 Å². The third-order valence-electron chi connectivity index (χ3n) is 7.67. The summed E-state index contributed by atoms with van der Waals surface area (Å²) in [7, 11) is 1.79. The Kier molecular flexibility index (Phi) is 12.2. The molecular formula is C26H36F6N2O6. The molecule has 1 spiro atoms. The maximum Gasteiger partial charge on any atom is 0.490 e. The normalized spacial score (nSPS) is 22.9. The third kappa shape index (κ3) is 8.79. The van der Waals surface area contributed by atoms with Crippen LogP contribution in [0.25, 0.3) is 0 Å². The van der Waals surface area contributed by atoms with Crippen LogP contribution >= 0.6 is 0 Å². The van der Waals surface area contributed by atoms with E-state index in [1.54, 1.807) is 7.11 Å². The van der Waals surface area contributed by atoms with Gasteiger partial charge in [-0.05, 0) is 81.7 Å². The molecule has 2 fully saturated rings. The molecule has 4 rings (SSSR count). The lowest BCUT2D eigenvalue weighted by Crippen LogP contribution is -2.49. The molecule has 8 nitrogen and oxygen atoms in total. The first-order valence-corrected chi connectivity index (χ1v) is 13.0. The van der Waals surface area contributed by atoms with Crippen LogP contribution in [0.15, 0.2) is 24.3 Å². The summed E-state index contributed by atoms with van der Waals surface area (Å²) in [6.45, 7) is 5.13. The fourth-order valence-electron chi connectivity index (χ4n) is 5.71. The number of fused-ring (bicyclic) bond motifs is 2. The topological polar surface area (TPSA) is 119 Å². The van der Waals surface area contributed by atoms with Crippen LogP contribution in [0.3, 0.4) is 0 Å². The molecule has 2 saturated heterocycles. The van der Waals surface area contributed by atoms with Crippen molar-refractivity contribution in [1.29, 1.82) is 0 Å². The standard InChI is InChI=1S/C22H34N2O2.2C2HF3O2/c1-26-16-4-5-17-8-14-24(15-9-17)20-18-6-2-3-7-19(18)22(21(20)25)10-12-23-13-11-22;2*3-2(4,5)1(6)7/h2-3,6-7,17,20-21,23,25H,4-5,8-16H2,1H3;2*(H,6,7)/t20-,21+;;/m1../s1. The Hall–Kier alpha value is -2.42. The number of nitrogens with one attached hydrogen (secondary N) is 1. The van der Waals surface area contributed by atoms with E-state index in [1.807, 2.05) is 0 Å². The maximum atomic E-state index is 11.5. The van der Waals surface area contributed by atoms with E-state index in [4.69, 9.17) is 24.5 Å². The molecule has 0 unspecified atom stereocenters. The van der Waals surface area contributed by atoms with Crippen LogP contribution in [0.1, 0.15) is 55.7 Å². The lowest BCUT2D eigenvalue weighted by atomic mass is 9.72. The summed E-state index contributed by atoms with van der Waals surface area (Å²) < 4.78 is 68.7. The second-order valence-electron chi connectivity index (χ2n) is 10.1. The van der Waals surface area contributed by atoms with E-state index in [2.05, 4.69) is 34.5 Å². The summed E-state index contributed by atoms with van der Waals surface area (Å²) in [6.07, 6.45) is -3.38. The predicted molar refractivity (Wildman–Crippen MR) is 132 cm³/mol. The van der Waals surface area contributed by atoms with Crippen molar-refractivity contribution in [3.63, 3.8) is 0 Å². The van der Waals surface area contributed by atoms with Crippen molar-refractivity contribution in [2.75, 3.05) is 39.9 Å². The molecule has 0 bridgehead atoms. The van der Waals surface area contributed by atoms with Crippen molar-refractivity contribution in [2.24, 2.45) is 5.92 Å². The van der Waals surface area contributed by atoms with Crippen LogP contribution < -0.4 is 5.32 Å². The number of alkyl halides is 6. The highest BCUT2D eigenvalue weighted by Crippen LogP contribution is 2.52. The molecule has 14 heteroatoms. The molecule has 4 N–H and O–H groups in total. The molecular weight excluding hydrogens is 550 g/mol. The van der Waals surface area contributed by atoms with Crippen molar-refractivity contribution in [2.45, 2.75) is 68.4 Å². The van der Waals surface area contributed by atoms with E-state index >= 15 is 0 Å². The number of aliphatic carboxylic acids is 2. The average molecular weight is 587 g/mol. The van der Waals surface area contributed by atoms with Crippen LogP contribution in [-0.4, -0.2) is 90.5 Å². The van der Waals surface area contributed by atoms with Gasteiger partial charge in [0.25, 0.3) is 0 Å². The molecule has 2 heterocycles. The van der Waals surface area contributed by atoms with E-state index in [1.165, 1.54) is 36.8 Å². The Morgan fingerprint density at radius 2 is 1.50 bits per heavy atom. The van der Waals surface area contributed by atoms with Gasteiger partial charge in [-0.2, -0.15) is 26.3 Å². The quantitative estimate of drug-likeness (QED) is 0.301. The molecule has 2 aliphatic heterocycles. The fraction of sp³-hybridized carbons (Fsp3) is 0.692. The van der Waals surface area contributed by atoms with Crippen LogP contribution in [0, 0.1) is 5.92 Å².